The predicted molar refractivity (Wildman–Crippen MR) is 82.5 cm³/mol. The topological polar surface area (TPSA) is 49.6 Å². The summed E-state index contributed by atoms with van der Waals surface area (Å²) < 4.78 is 0. The van der Waals surface area contributed by atoms with Crippen molar-refractivity contribution in [1.29, 1.82) is 0 Å². The Labute approximate surface area is 123 Å². The zero-order valence-corrected chi connectivity index (χ0v) is 12.9. The third kappa shape index (κ3) is 5.06. The molecule has 20 heavy (non-hydrogen) atoms. The van der Waals surface area contributed by atoms with Crippen molar-refractivity contribution >= 4 is 5.91 Å². The van der Waals surface area contributed by atoms with Gasteiger partial charge in [-0.2, -0.15) is 0 Å². The Bertz CT molecular complexity index is 285. The molecule has 2 N–H and O–H groups in total. The summed E-state index contributed by atoms with van der Waals surface area (Å²) in [6.45, 7) is 5.49. The van der Waals surface area contributed by atoms with Crippen molar-refractivity contribution in [3.63, 3.8) is 0 Å². The van der Waals surface area contributed by atoms with E-state index in [9.17, 15) is 4.79 Å². The fraction of sp³-hybridized carbons (Fsp3) is 0.938. The monoisotopic (exact) mass is 281 g/mol. The molecule has 0 radical (unpaired) electrons. The van der Waals surface area contributed by atoms with E-state index in [4.69, 9.17) is 5.73 Å². The number of carbonyl (C=O) groups is 1. The van der Waals surface area contributed by atoms with Crippen LogP contribution in [0, 0.1) is 5.92 Å². The fourth-order valence-corrected chi connectivity index (χ4v) is 3.55. The van der Waals surface area contributed by atoms with Gasteiger partial charge in [-0.05, 0) is 51.1 Å². The molecule has 2 rings (SSSR count). The van der Waals surface area contributed by atoms with Gasteiger partial charge in [0.05, 0.1) is 6.54 Å². The van der Waals surface area contributed by atoms with E-state index in [1.165, 1.54) is 44.9 Å². The Morgan fingerprint density at radius 3 is 2.40 bits per heavy atom. The van der Waals surface area contributed by atoms with Gasteiger partial charge in [-0.1, -0.05) is 19.3 Å². The lowest BCUT2D eigenvalue weighted by Gasteiger charge is -2.34. The highest BCUT2D eigenvalue weighted by molar-refractivity contribution is 5.78. The molecule has 1 unspecified atom stereocenters. The van der Waals surface area contributed by atoms with Crippen LogP contribution in [-0.4, -0.2) is 55.0 Å². The van der Waals surface area contributed by atoms with Crippen molar-refractivity contribution < 1.29 is 4.79 Å². The number of piperidine rings is 1. The van der Waals surface area contributed by atoms with Gasteiger partial charge in [0.25, 0.3) is 0 Å². The molecule has 0 bridgehead atoms. The number of amides is 1. The van der Waals surface area contributed by atoms with E-state index in [1.807, 2.05) is 0 Å². The first-order chi connectivity index (χ1) is 9.79. The molecule has 2 fully saturated rings. The first kappa shape index (κ1) is 15.8. The number of hydrogen-bond donors (Lipinski definition) is 1. The Kier molecular flexibility index (Phi) is 6.80. The molecule has 1 atom stereocenters. The van der Waals surface area contributed by atoms with Gasteiger partial charge < -0.3 is 10.6 Å². The SMILES string of the molecule is NCCC1CCCN(CC(=O)N2CCCCCCC2)C1. The van der Waals surface area contributed by atoms with Crippen molar-refractivity contribution in [2.75, 3.05) is 39.3 Å². The number of likely N-dealkylation sites (tertiary alicyclic amines) is 2. The summed E-state index contributed by atoms with van der Waals surface area (Å²) >= 11 is 0. The quantitative estimate of drug-likeness (QED) is 0.855. The second-order valence-corrected chi connectivity index (χ2v) is 6.47. The van der Waals surface area contributed by atoms with Crippen molar-refractivity contribution in [1.82, 2.24) is 9.80 Å². The van der Waals surface area contributed by atoms with Crippen LogP contribution in [0.15, 0.2) is 0 Å². The van der Waals surface area contributed by atoms with Gasteiger partial charge in [-0.25, -0.2) is 0 Å². The van der Waals surface area contributed by atoms with E-state index >= 15 is 0 Å². The van der Waals surface area contributed by atoms with E-state index in [-0.39, 0.29) is 0 Å². The fourth-order valence-electron chi connectivity index (χ4n) is 3.55. The van der Waals surface area contributed by atoms with E-state index < -0.39 is 0 Å². The average molecular weight is 281 g/mol. The molecule has 4 nitrogen and oxygen atoms in total. The second kappa shape index (κ2) is 8.63. The van der Waals surface area contributed by atoms with Gasteiger partial charge >= 0.3 is 0 Å². The van der Waals surface area contributed by atoms with Crippen LogP contribution >= 0.6 is 0 Å². The summed E-state index contributed by atoms with van der Waals surface area (Å²) in [5.74, 6) is 1.05. The zero-order chi connectivity index (χ0) is 14.2. The van der Waals surface area contributed by atoms with Crippen molar-refractivity contribution in [2.24, 2.45) is 11.7 Å². The lowest BCUT2D eigenvalue weighted by molar-refractivity contribution is -0.133. The molecule has 2 aliphatic heterocycles. The van der Waals surface area contributed by atoms with Crippen molar-refractivity contribution in [2.45, 2.75) is 51.4 Å². The minimum atomic E-state index is 0.347. The maximum absolute atomic E-state index is 12.5. The molecule has 1 amide bonds. The van der Waals surface area contributed by atoms with E-state index in [0.717, 1.165) is 39.1 Å². The molecule has 4 heteroatoms. The van der Waals surface area contributed by atoms with Gasteiger partial charge in [0.2, 0.25) is 5.91 Å². The number of nitrogens with two attached hydrogens (primary N) is 1. The maximum Gasteiger partial charge on any atom is 0.236 e. The second-order valence-electron chi connectivity index (χ2n) is 6.47. The number of rotatable bonds is 4. The van der Waals surface area contributed by atoms with Crippen LogP contribution in [-0.2, 0) is 4.79 Å². The molecule has 0 aliphatic carbocycles. The molecule has 0 aromatic heterocycles. The summed E-state index contributed by atoms with van der Waals surface area (Å²) in [4.78, 5) is 16.9. The Balaban J connectivity index is 1.77. The highest BCUT2D eigenvalue weighted by atomic mass is 16.2. The highest BCUT2D eigenvalue weighted by Gasteiger charge is 2.23. The molecule has 0 aromatic rings. The first-order valence-corrected chi connectivity index (χ1v) is 8.50. The van der Waals surface area contributed by atoms with Crippen molar-refractivity contribution in [3.8, 4) is 0 Å². The van der Waals surface area contributed by atoms with Crippen LogP contribution in [0.2, 0.25) is 0 Å². The van der Waals surface area contributed by atoms with Crippen LogP contribution in [0.1, 0.15) is 51.4 Å². The maximum atomic E-state index is 12.5. The van der Waals surface area contributed by atoms with Crippen LogP contribution in [0.25, 0.3) is 0 Å². The van der Waals surface area contributed by atoms with Crippen LogP contribution in [0.4, 0.5) is 0 Å². The zero-order valence-electron chi connectivity index (χ0n) is 12.9. The predicted octanol–water partition coefficient (Wildman–Crippen LogP) is 1.84. The molecular weight excluding hydrogens is 250 g/mol. The van der Waals surface area contributed by atoms with Crippen LogP contribution in [0.3, 0.4) is 0 Å². The smallest absolute Gasteiger partial charge is 0.236 e. The van der Waals surface area contributed by atoms with E-state index in [0.29, 0.717) is 18.4 Å². The molecule has 0 aromatic carbocycles. The number of nitrogens with zero attached hydrogens (tertiary/aromatic N) is 2. The number of carbonyl (C=O) groups excluding carboxylic acids is 1. The van der Waals surface area contributed by atoms with Gasteiger partial charge in [0, 0.05) is 19.6 Å². The molecule has 2 saturated heterocycles. The van der Waals surface area contributed by atoms with Gasteiger partial charge in [-0.15, -0.1) is 0 Å². The van der Waals surface area contributed by atoms with Gasteiger partial charge in [0.1, 0.15) is 0 Å². The Morgan fingerprint density at radius 2 is 1.70 bits per heavy atom. The summed E-state index contributed by atoms with van der Waals surface area (Å²) in [6, 6.07) is 0. The van der Waals surface area contributed by atoms with Gasteiger partial charge in [0.15, 0.2) is 0 Å². The average Bonchev–Trinajstić information content (AvgIpc) is 2.38. The third-order valence-corrected chi connectivity index (χ3v) is 4.75. The Hall–Kier alpha value is -0.610. The third-order valence-electron chi connectivity index (χ3n) is 4.75. The van der Waals surface area contributed by atoms with Crippen molar-refractivity contribution in [3.05, 3.63) is 0 Å². The van der Waals surface area contributed by atoms with Crippen LogP contribution < -0.4 is 5.73 Å². The van der Waals surface area contributed by atoms with Crippen LogP contribution in [0.5, 0.6) is 0 Å². The Morgan fingerprint density at radius 1 is 1.00 bits per heavy atom. The lowest BCUT2D eigenvalue weighted by Crippen LogP contribution is -2.45. The summed E-state index contributed by atoms with van der Waals surface area (Å²) in [7, 11) is 0. The molecule has 0 spiro atoms. The molecule has 2 aliphatic rings. The minimum absolute atomic E-state index is 0.347. The molecular formula is C16H31N3O. The molecule has 116 valence electrons. The normalized spacial score (nSPS) is 26.1. The highest BCUT2D eigenvalue weighted by Crippen LogP contribution is 2.19. The summed E-state index contributed by atoms with van der Waals surface area (Å²) in [5, 5.41) is 0. The van der Waals surface area contributed by atoms with E-state index in [2.05, 4.69) is 9.80 Å². The van der Waals surface area contributed by atoms with E-state index in [1.54, 1.807) is 0 Å². The summed E-state index contributed by atoms with van der Waals surface area (Å²) in [5.41, 5.74) is 5.66. The van der Waals surface area contributed by atoms with Gasteiger partial charge in [-0.3, -0.25) is 9.69 Å². The lowest BCUT2D eigenvalue weighted by atomic mass is 9.95. The number of hydrogen-bond acceptors (Lipinski definition) is 3. The molecule has 2 heterocycles. The minimum Gasteiger partial charge on any atom is -0.342 e. The first-order valence-electron chi connectivity index (χ1n) is 8.50. The molecule has 0 saturated carbocycles. The standard InChI is InChI=1S/C16H31N3O/c17-9-8-15-7-6-10-18(13-15)14-16(20)19-11-4-2-1-3-5-12-19/h15H,1-14,17H2. The summed E-state index contributed by atoms with van der Waals surface area (Å²) in [6.07, 6.45) is 9.88. The largest absolute Gasteiger partial charge is 0.342 e.